The molecule has 0 saturated carbocycles. The first-order valence-corrected chi connectivity index (χ1v) is 9.12. The van der Waals surface area contributed by atoms with Crippen LogP contribution in [0.2, 0.25) is 0 Å². The Morgan fingerprint density at radius 2 is 1.48 bits per heavy atom. The van der Waals surface area contributed by atoms with Crippen molar-refractivity contribution in [2.45, 2.75) is 26.4 Å². The third-order valence-corrected chi connectivity index (χ3v) is 3.46. The first-order valence-electron chi connectivity index (χ1n) is 9.12. The van der Waals surface area contributed by atoms with Gasteiger partial charge in [0.25, 0.3) is 0 Å². The molecule has 0 fully saturated rings. The molecular formula is C22H25N3O4. The van der Waals surface area contributed by atoms with E-state index in [1.807, 2.05) is 30.3 Å². The summed E-state index contributed by atoms with van der Waals surface area (Å²) in [5, 5.41) is 7.78. The Morgan fingerprint density at radius 3 is 2.07 bits per heavy atom. The average Bonchev–Trinajstić information content (AvgIpc) is 2.66. The number of carbonyl (C=O) groups excluding carboxylic acids is 3. The Labute approximate surface area is 170 Å². The van der Waals surface area contributed by atoms with Crippen LogP contribution in [0.15, 0.2) is 60.7 Å². The van der Waals surface area contributed by atoms with E-state index in [-0.39, 0.29) is 12.5 Å². The second kappa shape index (κ2) is 10.1. The molecule has 0 bridgehead atoms. The summed E-state index contributed by atoms with van der Waals surface area (Å²) in [5.41, 5.74) is 1.44. The van der Waals surface area contributed by atoms with Crippen molar-refractivity contribution in [2.75, 3.05) is 17.2 Å². The maximum Gasteiger partial charge on any atom is 0.408 e. The van der Waals surface area contributed by atoms with Gasteiger partial charge in [-0.2, -0.15) is 0 Å². The van der Waals surface area contributed by atoms with E-state index in [1.165, 1.54) is 6.08 Å². The van der Waals surface area contributed by atoms with E-state index in [1.54, 1.807) is 51.1 Å². The maximum atomic E-state index is 12.0. The monoisotopic (exact) mass is 395 g/mol. The van der Waals surface area contributed by atoms with E-state index < -0.39 is 17.6 Å². The molecule has 2 rings (SSSR count). The molecule has 0 aliphatic rings. The molecule has 7 heteroatoms. The van der Waals surface area contributed by atoms with Gasteiger partial charge in [0.15, 0.2) is 0 Å². The highest BCUT2D eigenvalue weighted by Crippen LogP contribution is 2.14. The predicted octanol–water partition coefficient (Wildman–Crippen LogP) is 3.80. The highest BCUT2D eigenvalue weighted by Gasteiger charge is 2.16. The minimum absolute atomic E-state index is 0.211. The largest absolute Gasteiger partial charge is 0.444 e. The number of ether oxygens (including phenoxy) is 1. The highest BCUT2D eigenvalue weighted by molar-refractivity contribution is 6.02. The van der Waals surface area contributed by atoms with Crippen LogP contribution in [-0.4, -0.2) is 30.1 Å². The maximum absolute atomic E-state index is 12.0. The van der Waals surface area contributed by atoms with Gasteiger partial charge in [-0.05, 0) is 56.7 Å². The summed E-state index contributed by atoms with van der Waals surface area (Å²) in [5.74, 6) is -0.648. The van der Waals surface area contributed by atoms with Crippen LogP contribution < -0.4 is 16.0 Å². The zero-order valence-corrected chi connectivity index (χ0v) is 16.7. The van der Waals surface area contributed by atoms with Gasteiger partial charge in [0.1, 0.15) is 12.1 Å². The Bertz CT molecular complexity index is 869. The van der Waals surface area contributed by atoms with Gasteiger partial charge in [0.2, 0.25) is 11.8 Å². The highest BCUT2D eigenvalue weighted by atomic mass is 16.6. The number of alkyl carbamates (subject to hydrolysis) is 1. The summed E-state index contributed by atoms with van der Waals surface area (Å²) in [4.78, 5) is 35.4. The van der Waals surface area contributed by atoms with E-state index in [2.05, 4.69) is 16.0 Å². The third kappa shape index (κ3) is 8.75. The Morgan fingerprint density at radius 1 is 0.897 bits per heavy atom. The lowest BCUT2D eigenvalue weighted by Gasteiger charge is -2.19. The van der Waals surface area contributed by atoms with Crippen LogP contribution in [0.25, 0.3) is 6.08 Å². The van der Waals surface area contributed by atoms with Crippen molar-refractivity contribution in [1.82, 2.24) is 5.32 Å². The van der Waals surface area contributed by atoms with Gasteiger partial charge in [-0.15, -0.1) is 0 Å². The molecular weight excluding hydrogens is 370 g/mol. The first-order chi connectivity index (χ1) is 13.7. The molecule has 0 heterocycles. The molecule has 0 aliphatic carbocycles. The van der Waals surface area contributed by atoms with E-state index in [0.717, 1.165) is 5.56 Å². The number of amides is 3. The van der Waals surface area contributed by atoms with Crippen molar-refractivity contribution in [2.24, 2.45) is 0 Å². The zero-order valence-electron chi connectivity index (χ0n) is 16.7. The van der Waals surface area contributed by atoms with Crippen LogP contribution in [0.3, 0.4) is 0 Å². The van der Waals surface area contributed by atoms with Crippen molar-refractivity contribution >= 4 is 35.4 Å². The van der Waals surface area contributed by atoms with Crippen LogP contribution in [0.5, 0.6) is 0 Å². The van der Waals surface area contributed by atoms with Gasteiger partial charge in [-0.1, -0.05) is 30.3 Å². The predicted molar refractivity (Wildman–Crippen MR) is 113 cm³/mol. The number of hydrogen-bond donors (Lipinski definition) is 3. The summed E-state index contributed by atoms with van der Waals surface area (Å²) in [6.45, 7) is 5.01. The number of nitrogens with one attached hydrogen (secondary N) is 3. The van der Waals surface area contributed by atoms with Crippen LogP contribution in [0.1, 0.15) is 26.3 Å². The molecule has 2 aromatic carbocycles. The molecule has 0 saturated heterocycles. The van der Waals surface area contributed by atoms with Gasteiger partial charge >= 0.3 is 6.09 Å². The van der Waals surface area contributed by atoms with Gasteiger partial charge < -0.3 is 20.7 Å². The lowest BCUT2D eigenvalue weighted by molar-refractivity contribution is -0.115. The van der Waals surface area contributed by atoms with Gasteiger partial charge in [-0.3, -0.25) is 9.59 Å². The van der Waals surface area contributed by atoms with Crippen LogP contribution >= 0.6 is 0 Å². The normalized spacial score (nSPS) is 11.0. The van der Waals surface area contributed by atoms with E-state index in [9.17, 15) is 14.4 Å². The van der Waals surface area contributed by atoms with Crippen molar-refractivity contribution in [3.05, 3.63) is 66.2 Å². The molecule has 7 nitrogen and oxygen atoms in total. The molecule has 3 amide bonds. The minimum atomic E-state index is -0.658. The van der Waals surface area contributed by atoms with Gasteiger partial charge in [0, 0.05) is 17.5 Å². The van der Waals surface area contributed by atoms with Crippen molar-refractivity contribution in [3.63, 3.8) is 0 Å². The molecule has 2 aromatic rings. The molecule has 0 radical (unpaired) electrons. The summed E-state index contributed by atoms with van der Waals surface area (Å²) in [7, 11) is 0. The number of carbonyl (C=O) groups is 3. The van der Waals surface area contributed by atoms with Crippen LogP contribution in [-0.2, 0) is 14.3 Å². The van der Waals surface area contributed by atoms with Crippen molar-refractivity contribution in [1.29, 1.82) is 0 Å². The van der Waals surface area contributed by atoms with E-state index in [4.69, 9.17) is 4.74 Å². The first kappa shape index (κ1) is 21.7. The Kier molecular flexibility index (Phi) is 7.54. The number of benzene rings is 2. The van der Waals surface area contributed by atoms with Gasteiger partial charge in [-0.25, -0.2) is 4.79 Å². The molecule has 3 N–H and O–H groups in total. The van der Waals surface area contributed by atoms with Gasteiger partial charge in [0.05, 0.1) is 0 Å². The molecule has 0 aliphatic heterocycles. The topological polar surface area (TPSA) is 96.5 Å². The minimum Gasteiger partial charge on any atom is -0.444 e. The summed E-state index contributed by atoms with van der Waals surface area (Å²) in [6.07, 6.45) is 2.52. The fourth-order valence-corrected chi connectivity index (χ4v) is 2.23. The second-order valence-electron chi connectivity index (χ2n) is 7.21. The number of hydrogen-bond acceptors (Lipinski definition) is 4. The molecule has 152 valence electrons. The van der Waals surface area contributed by atoms with Crippen LogP contribution in [0.4, 0.5) is 16.2 Å². The lowest BCUT2D eigenvalue weighted by atomic mass is 10.2. The van der Waals surface area contributed by atoms with E-state index >= 15 is 0 Å². The zero-order chi connectivity index (χ0) is 21.3. The molecule has 0 unspecified atom stereocenters. The van der Waals surface area contributed by atoms with Crippen LogP contribution in [0, 0.1) is 0 Å². The summed E-state index contributed by atoms with van der Waals surface area (Å²) >= 11 is 0. The number of anilines is 2. The number of rotatable bonds is 6. The standard InChI is InChI=1S/C22H25N3O4/c1-22(2,3)29-21(28)23-15-20(27)25-18-12-10-17(11-13-18)24-19(26)14-9-16-7-5-4-6-8-16/h4-14H,15H2,1-3H3,(H,23,28)(H,24,26)(H,25,27)/b14-9+. The summed E-state index contributed by atoms with van der Waals surface area (Å²) in [6, 6.07) is 16.2. The Hall–Kier alpha value is -3.61. The van der Waals surface area contributed by atoms with E-state index in [0.29, 0.717) is 11.4 Å². The molecule has 29 heavy (non-hydrogen) atoms. The van der Waals surface area contributed by atoms with Crippen molar-refractivity contribution in [3.8, 4) is 0 Å². The fraction of sp³-hybridized carbons (Fsp3) is 0.227. The second-order valence-corrected chi connectivity index (χ2v) is 7.21. The quantitative estimate of drug-likeness (QED) is 0.648. The summed E-state index contributed by atoms with van der Waals surface area (Å²) < 4.78 is 5.06. The average molecular weight is 395 g/mol. The fourth-order valence-electron chi connectivity index (χ4n) is 2.23. The molecule has 0 spiro atoms. The lowest BCUT2D eigenvalue weighted by Crippen LogP contribution is -2.37. The smallest absolute Gasteiger partial charge is 0.408 e. The molecule has 0 aromatic heterocycles. The third-order valence-electron chi connectivity index (χ3n) is 3.46. The molecule has 0 atom stereocenters. The Balaban J connectivity index is 1.79. The van der Waals surface area contributed by atoms with Crippen molar-refractivity contribution < 1.29 is 19.1 Å². The SMILES string of the molecule is CC(C)(C)OC(=O)NCC(=O)Nc1ccc(NC(=O)/C=C/c2ccccc2)cc1.